The van der Waals surface area contributed by atoms with Crippen LogP contribution >= 0.6 is 0 Å². The molecule has 0 saturated carbocycles. The number of aliphatic hydroxyl groups excluding tert-OH is 2. The summed E-state index contributed by atoms with van der Waals surface area (Å²) in [6, 6.07) is 3.93. The van der Waals surface area contributed by atoms with Gasteiger partial charge in [-0.15, -0.1) is 0 Å². The molecule has 0 bridgehead atoms. The van der Waals surface area contributed by atoms with E-state index in [4.69, 9.17) is 0 Å². The second kappa shape index (κ2) is 7.45. The minimum Gasteiger partial charge on any atom is -0.507 e. The number of benzene rings is 1. The molecule has 1 aromatic rings. The van der Waals surface area contributed by atoms with Crippen LogP contribution in [0, 0.1) is 0 Å². The molecule has 0 aliphatic heterocycles. The second-order valence-electron chi connectivity index (χ2n) is 8.94. The van der Waals surface area contributed by atoms with Crippen LogP contribution in [0.3, 0.4) is 0 Å². The Hall–Kier alpha value is -1.06. The van der Waals surface area contributed by atoms with E-state index in [1.807, 2.05) is 26.0 Å². The highest BCUT2D eigenvalue weighted by molar-refractivity contribution is 5.51. The topological polar surface area (TPSA) is 60.7 Å². The Labute approximate surface area is 147 Å². The Kier molecular flexibility index (Phi) is 6.51. The van der Waals surface area contributed by atoms with Crippen molar-refractivity contribution in [1.29, 1.82) is 0 Å². The molecule has 1 rings (SSSR count). The average molecular weight is 337 g/mol. The van der Waals surface area contributed by atoms with Crippen LogP contribution in [0.1, 0.15) is 90.8 Å². The van der Waals surface area contributed by atoms with Crippen LogP contribution in [-0.4, -0.2) is 27.5 Å². The average Bonchev–Trinajstić information content (AvgIpc) is 2.45. The van der Waals surface area contributed by atoms with Crippen LogP contribution in [0.4, 0.5) is 0 Å². The van der Waals surface area contributed by atoms with Crippen molar-refractivity contribution in [3.05, 3.63) is 28.8 Å². The van der Waals surface area contributed by atoms with Crippen molar-refractivity contribution in [3.63, 3.8) is 0 Å². The number of aromatic hydroxyl groups is 1. The Morgan fingerprint density at radius 1 is 0.792 bits per heavy atom. The third-order valence-electron chi connectivity index (χ3n) is 4.80. The highest BCUT2D eigenvalue weighted by Gasteiger charge is 2.32. The van der Waals surface area contributed by atoms with E-state index in [-0.39, 0.29) is 16.7 Å². The second-order valence-corrected chi connectivity index (χ2v) is 8.94. The van der Waals surface area contributed by atoms with Crippen molar-refractivity contribution in [2.75, 3.05) is 0 Å². The minimum absolute atomic E-state index is 0.223. The lowest BCUT2D eigenvalue weighted by molar-refractivity contribution is 0.0485. The van der Waals surface area contributed by atoms with Gasteiger partial charge in [0.15, 0.2) is 0 Å². The van der Waals surface area contributed by atoms with Gasteiger partial charge in [0.2, 0.25) is 0 Å². The van der Waals surface area contributed by atoms with Crippen molar-refractivity contribution >= 4 is 0 Å². The molecule has 0 aliphatic carbocycles. The number of aliphatic hydroxyl groups is 2. The SMILES string of the molecule is CCC(O)C(c1cc(C(C)(C)C)c(O)c(C(C)(C)C)c1)C(O)CC. The summed E-state index contributed by atoms with van der Waals surface area (Å²) in [4.78, 5) is 0. The van der Waals surface area contributed by atoms with Crippen LogP contribution in [0.2, 0.25) is 0 Å². The molecule has 3 N–H and O–H groups in total. The molecule has 2 unspecified atom stereocenters. The fraction of sp³-hybridized carbons (Fsp3) is 0.714. The zero-order chi connectivity index (χ0) is 18.9. The molecule has 0 saturated heterocycles. The van der Waals surface area contributed by atoms with Gasteiger partial charge in [-0.3, -0.25) is 0 Å². The van der Waals surface area contributed by atoms with Gasteiger partial charge in [-0.1, -0.05) is 67.5 Å². The summed E-state index contributed by atoms with van der Waals surface area (Å²) in [5.41, 5.74) is 2.19. The molecule has 0 aromatic heterocycles. The van der Waals surface area contributed by atoms with Gasteiger partial charge < -0.3 is 15.3 Å². The zero-order valence-corrected chi connectivity index (χ0v) is 16.6. The van der Waals surface area contributed by atoms with Gasteiger partial charge in [-0.2, -0.15) is 0 Å². The van der Waals surface area contributed by atoms with E-state index in [0.717, 1.165) is 16.7 Å². The Bertz CT molecular complexity index is 504. The predicted molar refractivity (Wildman–Crippen MR) is 101 cm³/mol. The van der Waals surface area contributed by atoms with E-state index in [1.54, 1.807) is 0 Å². The van der Waals surface area contributed by atoms with Gasteiger partial charge in [-0.25, -0.2) is 0 Å². The molecule has 2 atom stereocenters. The molecule has 3 heteroatoms. The molecule has 0 radical (unpaired) electrons. The van der Waals surface area contributed by atoms with E-state index in [9.17, 15) is 15.3 Å². The van der Waals surface area contributed by atoms with Gasteiger partial charge >= 0.3 is 0 Å². The van der Waals surface area contributed by atoms with Gasteiger partial charge in [-0.05, 0) is 40.4 Å². The lowest BCUT2D eigenvalue weighted by atomic mass is 9.75. The Morgan fingerprint density at radius 2 is 1.12 bits per heavy atom. The number of hydrogen-bond acceptors (Lipinski definition) is 3. The first kappa shape index (κ1) is 21.0. The maximum atomic E-state index is 10.8. The summed E-state index contributed by atoms with van der Waals surface area (Å²) in [6.45, 7) is 16.3. The first-order valence-electron chi connectivity index (χ1n) is 9.08. The molecule has 0 amide bonds. The lowest BCUT2D eigenvalue weighted by Crippen LogP contribution is -2.30. The van der Waals surface area contributed by atoms with Crippen molar-refractivity contribution in [2.45, 2.75) is 97.2 Å². The largest absolute Gasteiger partial charge is 0.507 e. The first-order chi connectivity index (χ1) is 10.8. The summed E-state index contributed by atoms with van der Waals surface area (Å²) in [5.74, 6) is -0.0164. The molecule has 138 valence electrons. The fourth-order valence-corrected chi connectivity index (χ4v) is 3.20. The minimum atomic E-state index is -0.606. The van der Waals surface area contributed by atoms with E-state index >= 15 is 0 Å². The highest BCUT2D eigenvalue weighted by atomic mass is 16.3. The fourth-order valence-electron chi connectivity index (χ4n) is 3.20. The summed E-state index contributed by atoms with van der Waals surface area (Å²) >= 11 is 0. The Balaban J connectivity index is 3.68. The van der Waals surface area contributed by atoms with Crippen molar-refractivity contribution in [1.82, 2.24) is 0 Å². The van der Waals surface area contributed by atoms with Gasteiger partial charge in [0.1, 0.15) is 5.75 Å². The highest BCUT2D eigenvalue weighted by Crippen LogP contribution is 2.42. The van der Waals surface area contributed by atoms with Gasteiger partial charge in [0, 0.05) is 5.92 Å². The quantitative estimate of drug-likeness (QED) is 0.735. The first-order valence-corrected chi connectivity index (χ1v) is 9.08. The zero-order valence-electron chi connectivity index (χ0n) is 16.6. The number of phenolic OH excluding ortho intramolecular Hbond substituents is 1. The molecule has 0 fully saturated rings. The molecule has 1 aromatic carbocycles. The summed E-state index contributed by atoms with van der Waals surface area (Å²) in [6.07, 6.45) is -0.0494. The van der Waals surface area contributed by atoms with E-state index in [2.05, 4.69) is 41.5 Å². The summed E-state index contributed by atoms with van der Waals surface area (Å²) in [5, 5.41) is 31.8. The molecule has 3 nitrogen and oxygen atoms in total. The molecular formula is C21H36O3. The third kappa shape index (κ3) is 4.52. The van der Waals surface area contributed by atoms with E-state index in [0.29, 0.717) is 18.6 Å². The number of hydrogen-bond donors (Lipinski definition) is 3. The molecular weight excluding hydrogens is 300 g/mol. The summed E-state index contributed by atoms with van der Waals surface area (Å²) < 4.78 is 0. The number of rotatable bonds is 5. The predicted octanol–water partition coefficient (Wildman–Crippen LogP) is 4.61. The smallest absolute Gasteiger partial charge is 0.123 e. The molecule has 0 spiro atoms. The lowest BCUT2D eigenvalue weighted by Gasteiger charge is -2.32. The molecule has 0 heterocycles. The van der Waals surface area contributed by atoms with Crippen LogP contribution in [-0.2, 0) is 10.8 Å². The monoisotopic (exact) mass is 336 g/mol. The van der Waals surface area contributed by atoms with Crippen LogP contribution in [0.15, 0.2) is 12.1 Å². The molecule has 24 heavy (non-hydrogen) atoms. The van der Waals surface area contributed by atoms with Crippen molar-refractivity contribution in [2.24, 2.45) is 0 Å². The van der Waals surface area contributed by atoms with Crippen molar-refractivity contribution in [3.8, 4) is 5.75 Å². The number of phenols is 1. The van der Waals surface area contributed by atoms with Crippen LogP contribution < -0.4 is 0 Å². The van der Waals surface area contributed by atoms with Crippen LogP contribution in [0.25, 0.3) is 0 Å². The van der Waals surface area contributed by atoms with Gasteiger partial charge in [0.05, 0.1) is 12.2 Å². The third-order valence-corrected chi connectivity index (χ3v) is 4.80. The summed E-state index contributed by atoms with van der Waals surface area (Å²) in [7, 11) is 0. The van der Waals surface area contributed by atoms with Crippen LogP contribution in [0.5, 0.6) is 5.75 Å². The maximum Gasteiger partial charge on any atom is 0.123 e. The molecule has 0 aliphatic rings. The van der Waals surface area contributed by atoms with E-state index < -0.39 is 12.2 Å². The maximum absolute atomic E-state index is 10.8. The normalized spacial score (nSPS) is 16.8. The van der Waals surface area contributed by atoms with Gasteiger partial charge in [0.25, 0.3) is 0 Å². The van der Waals surface area contributed by atoms with Crippen molar-refractivity contribution < 1.29 is 15.3 Å². The standard InChI is InChI=1S/C21H36O3/c1-9-16(22)18(17(23)10-2)13-11-14(20(3,4)5)19(24)15(12-13)21(6,7)8/h11-12,16-18,22-24H,9-10H2,1-8H3. The van der Waals surface area contributed by atoms with E-state index in [1.165, 1.54) is 0 Å². The Morgan fingerprint density at radius 3 is 1.38 bits per heavy atom.